The highest BCUT2D eigenvalue weighted by molar-refractivity contribution is 6.31. The second kappa shape index (κ2) is 5.27. The number of methoxy groups -OCH3 is 1. The lowest BCUT2D eigenvalue weighted by Crippen LogP contribution is -2.03. The van der Waals surface area contributed by atoms with Crippen LogP contribution in [-0.4, -0.2) is 22.9 Å². The second-order valence-electron chi connectivity index (χ2n) is 3.85. The molecule has 0 spiro atoms. The Balaban J connectivity index is 2.26. The van der Waals surface area contributed by atoms with Crippen molar-refractivity contribution in [3.8, 4) is 0 Å². The first kappa shape index (κ1) is 13.4. The van der Waals surface area contributed by atoms with E-state index in [2.05, 4.69) is 9.84 Å². The van der Waals surface area contributed by atoms with Gasteiger partial charge in [-0.1, -0.05) is 17.7 Å². The Hall–Kier alpha value is -2.08. The summed E-state index contributed by atoms with van der Waals surface area (Å²) in [4.78, 5) is 11.4. The van der Waals surface area contributed by atoms with Crippen LogP contribution in [0.1, 0.15) is 15.9 Å². The topological polar surface area (TPSA) is 70.1 Å². The van der Waals surface area contributed by atoms with Crippen molar-refractivity contribution in [2.75, 3.05) is 12.8 Å². The van der Waals surface area contributed by atoms with Crippen LogP contribution in [0.25, 0.3) is 0 Å². The molecule has 0 amide bonds. The summed E-state index contributed by atoms with van der Waals surface area (Å²) in [6.45, 7) is 0.278. The number of carbonyl (C=O) groups excluding carboxylic acids is 1. The van der Waals surface area contributed by atoms with Crippen LogP contribution in [0.5, 0.6) is 0 Å². The van der Waals surface area contributed by atoms with Gasteiger partial charge >= 0.3 is 5.97 Å². The Bertz CT molecular complexity index is 627. The minimum absolute atomic E-state index is 0.0742. The molecule has 100 valence electrons. The molecule has 0 radical (unpaired) electrons. The smallest absolute Gasteiger partial charge is 0.343 e. The molecular formula is C12H11ClFN3O2. The SMILES string of the molecule is COC(=O)c1cn(Cc2ccc(F)cc2Cl)nc1N. The molecule has 2 aromatic rings. The van der Waals surface area contributed by atoms with E-state index < -0.39 is 11.8 Å². The number of ether oxygens (including phenoxy) is 1. The Morgan fingerprint density at radius 3 is 2.95 bits per heavy atom. The molecule has 0 aliphatic carbocycles. The van der Waals surface area contributed by atoms with E-state index in [1.807, 2.05) is 0 Å². The van der Waals surface area contributed by atoms with Crippen molar-refractivity contribution in [2.24, 2.45) is 0 Å². The number of nitrogens with two attached hydrogens (primary N) is 1. The summed E-state index contributed by atoms with van der Waals surface area (Å²) in [5, 5.41) is 4.27. The predicted octanol–water partition coefficient (Wildman–Crippen LogP) is 2.09. The second-order valence-corrected chi connectivity index (χ2v) is 4.26. The van der Waals surface area contributed by atoms with Crippen LogP contribution in [0.4, 0.5) is 10.2 Å². The van der Waals surface area contributed by atoms with Crippen molar-refractivity contribution in [1.29, 1.82) is 0 Å². The molecule has 0 aliphatic heterocycles. The lowest BCUT2D eigenvalue weighted by molar-refractivity contribution is 0.0602. The van der Waals surface area contributed by atoms with Crippen molar-refractivity contribution in [1.82, 2.24) is 9.78 Å². The number of hydrogen-bond donors (Lipinski definition) is 1. The molecular weight excluding hydrogens is 273 g/mol. The fraction of sp³-hybridized carbons (Fsp3) is 0.167. The van der Waals surface area contributed by atoms with Gasteiger partial charge in [-0.2, -0.15) is 5.10 Å². The third kappa shape index (κ3) is 2.85. The summed E-state index contributed by atoms with van der Waals surface area (Å²) < 4.78 is 18.9. The predicted molar refractivity (Wildman–Crippen MR) is 68.5 cm³/mol. The Morgan fingerprint density at radius 1 is 1.58 bits per heavy atom. The standard InChI is InChI=1S/C12H11ClFN3O2/c1-19-12(18)9-6-17(16-11(9)15)5-7-2-3-8(14)4-10(7)13/h2-4,6H,5H2,1H3,(H2,15,16). The van der Waals surface area contributed by atoms with E-state index in [1.54, 1.807) is 6.07 Å². The van der Waals surface area contributed by atoms with E-state index in [0.29, 0.717) is 5.56 Å². The minimum Gasteiger partial charge on any atom is -0.465 e. The number of nitrogen functional groups attached to an aromatic ring is 1. The number of hydrogen-bond acceptors (Lipinski definition) is 4. The van der Waals surface area contributed by atoms with Gasteiger partial charge in [0.05, 0.1) is 13.7 Å². The van der Waals surface area contributed by atoms with Crippen LogP contribution in [0.3, 0.4) is 0 Å². The van der Waals surface area contributed by atoms with Crippen LogP contribution >= 0.6 is 11.6 Å². The van der Waals surface area contributed by atoms with Gasteiger partial charge in [0, 0.05) is 11.2 Å². The summed E-state index contributed by atoms with van der Waals surface area (Å²) in [5.41, 5.74) is 6.46. The number of carbonyl (C=O) groups is 1. The van der Waals surface area contributed by atoms with Gasteiger partial charge in [0.2, 0.25) is 0 Å². The third-order valence-electron chi connectivity index (χ3n) is 2.54. The zero-order valence-electron chi connectivity index (χ0n) is 10.1. The van der Waals surface area contributed by atoms with Crippen LogP contribution in [0.15, 0.2) is 24.4 Å². The first-order chi connectivity index (χ1) is 9.01. The molecule has 2 rings (SSSR count). The molecule has 0 fully saturated rings. The van der Waals surface area contributed by atoms with E-state index in [9.17, 15) is 9.18 Å². The lowest BCUT2D eigenvalue weighted by Gasteiger charge is -2.04. The summed E-state index contributed by atoms with van der Waals surface area (Å²) in [6, 6.07) is 4.06. The van der Waals surface area contributed by atoms with E-state index in [-0.39, 0.29) is 22.9 Å². The molecule has 0 unspecified atom stereocenters. The molecule has 1 aromatic carbocycles. The van der Waals surface area contributed by atoms with Gasteiger partial charge < -0.3 is 10.5 Å². The average Bonchev–Trinajstić information content (AvgIpc) is 2.73. The molecule has 1 heterocycles. The number of halogens is 2. The number of anilines is 1. The van der Waals surface area contributed by atoms with Crippen molar-refractivity contribution < 1.29 is 13.9 Å². The van der Waals surface area contributed by atoms with Gasteiger partial charge in [-0.3, -0.25) is 4.68 Å². The molecule has 1 aromatic heterocycles. The van der Waals surface area contributed by atoms with Crippen molar-refractivity contribution >= 4 is 23.4 Å². The molecule has 5 nitrogen and oxygen atoms in total. The summed E-state index contributed by atoms with van der Waals surface area (Å²) >= 11 is 5.91. The zero-order valence-corrected chi connectivity index (χ0v) is 10.8. The number of benzene rings is 1. The lowest BCUT2D eigenvalue weighted by atomic mass is 10.2. The molecule has 7 heteroatoms. The van der Waals surface area contributed by atoms with Crippen molar-refractivity contribution in [3.63, 3.8) is 0 Å². The number of rotatable bonds is 3. The first-order valence-electron chi connectivity index (χ1n) is 5.36. The summed E-state index contributed by atoms with van der Waals surface area (Å²) in [7, 11) is 1.26. The summed E-state index contributed by atoms with van der Waals surface area (Å²) in [5.74, 6) is -0.900. The number of aromatic nitrogens is 2. The van der Waals surface area contributed by atoms with Crippen molar-refractivity contribution in [2.45, 2.75) is 6.54 Å². The Morgan fingerprint density at radius 2 is 2.32 bits per heavy atom. The fourth-order valence-corrected chi connectivity index (χ4v) is 1.84. The van der Waals surface area contributed by atoms with E-state index in [1.165, 1.54) is 30.1 Å². The average molecular weight is 284 g/mol. The highest BCUT2D eigenvalue weighted by atomic mass is 35.5. The molecule has 0 saturated heterocycles. The number of esters is 1. The Labute approximate surface area is 113 Å². The zero-order chi connectivity index (χ0) is 14.0. The molecule has 2 N–H and O–H groups in total. The third-order valence-corrected chi connectivity index (χ3v) is 2.89. The highest BCUT2D eigenvalue weighted by Gasteiger charge is 2.15. The van der Waals surface area contributed by atoms with Gasteiger partial charge in [-0.15, -0.1) is 0 Å². The van der Waals surface area contributed by atoms with Gasteiger partial charge in [-0.05, 0) is 17.7 Å². The molecule has 0 saturated carbocycles. The maximum absolute atomic E-state index is 12.9. The van der Waals surface area contributed by atoms with Gasteiger partial charge in [0.15, 0.2) is 5.82 Å². The van der Waals surface area contributed by atoms with Gasteiger partial charge in [-0.25, -0.2) is 9.18 Å². The van der Waals surface area contributed by atoms with E-state index >= 15 is 0 Å². The first-order valence-corrected chi connectivity index (χ1v) is 5.74. The van der Waals surface area contributed by atoms with Crippen molar-refractivity contribution in [3.05, 3.63) is 46.4 Å². The van der Waals surface area contributed by atoms with E-state index in [4.69, 9.17) is 17.3 Å². The largest absolute Gasteiger partial charge is 0.465 e. The molecule has 19 heavy (non-hydrogen) atoms. The Kier molecular flexibility index (Phi) is 3.71. The molecule has 0 atom stereocenters. The van der Waals surface area contributed by atoms with E-state index in [0.717, 1.165) is 0 Å². The normalized spacial score (nSPS) is 10.5. The fourth-order valence-electron chi connectivity index (χ4n) is 1.61. The minimum atomic E-state index is -0.561. The van der Waals surface area contributed by atoms with Crippen LogP contribution in [0, 0.1) is 5.82 Å². The highest BCUT2D eigenvalue weighted by Crippen LogP contribution is 2.19. The van der Waals surface area contributed by atoms with Gasteiger partial charge in [0.1, 0.15) is 11.4 Å². The monoisotopic (exact) mass is 283 g/mol. The van der Waals surface area contributed by atoms with Gasteiger partial charge in [0.25, 0.3) is 0 Å². The van der Waals surface area contributed by atoms with Crippen LogP contribution in [-0.2, 0) is 11.3 Å². The quantitative estimate of drug-likeness (QED) is 0.876. The maximum Gasteiger partial charge on any atom is 0.343 e. The van der Waals surface area contributed by atoms with Crippen LogP contribution in [0.2, 0.25) is 5.02 Å². The summed E-state index contributed by atoms with van der Waals surface area (Å²) in [6.07, 6.45) is 1.46. The number of nitrogens with zero attached hydrogens (tertiary/aromatic N) is 2. The maximum atomic E-state index is 12.9. The molecule has 0 bridgehead atoms. The van der Waals surface area contributed by atoms with Crippen LogP contribution < -0.4 is 5.73 Å². The molecule has 0 aliphatic rings.